The second-order valence-electron chi connectivity index (χ2n) is 6.95. The van der Waals surface area contributed by atoms with E-state index >= 15 is 0 Å². The van der Waals surface area contributed by atoms with E-state index in [9.17, 15) is 9.59 Å². The number of aryl methyl sites for hydroxylation is 3. The van der Waals surface area contributed by atoms with E-state index in [1.165, 1.54) is 24.2 Å². The number of carbonyl (C=O) groups excluding carboxylic acids is 2. The van der Waals surface area contributed by atoms with Gasteiger partial charge in [0.2, 0.25) is 5.16 Å². The van der Waals surface area contributed by atoms with E-state index in [1.54, 1.807) is 18.5 Å². The van der Waals surface area contributed by atoms with Gasteiger partial charge in [-0.2, -0.15) is 4.68 Å². The molecule has 0 saturated carbocycles. The van der Waals surface area contributed by atoms with Crippen LogP contribution in [0.3, 0.4) is 0 Å². The average molecular weight is 398 g/mol. The first-order chi connectivity index (χ1) is 13.2. The fourth-order valence-corrected chi connectivity index (χ4v) is 4.08. The van der Waals surface area contributed by atoms with Crippen molar-refractivity contribution in [1.29, 1.82) is 0 Å². The zero-order valence-corrected chi connectivity index (χ0v) is 17.6. The lowest BCUT2D eigenvalue weighted by Gasteiger charge is -2.11. The van der Waals surface area contributed by atoms with Crippen molar-refractivity contribution in [3.63, 3.8) is 0 Å². The monoisotopic (exact) mass is 397 g/mol. The van der Waals surface area contributed by atoms with E-state index in [1.807, 2.05) is 39.0 Å². The summed E-state index contributed by atoms with van der Waals surface area (Å²) in [6.07, 6.45) is 0. The number of nitrogens with zero attached hydrogens (tertiary/aromatic N) is 4. The first kappa shape index (κ1) is 20.0. The average Bonchev–Trinajstić information content (AvgIpc) is 3.20. The topological polar surface area (TPSA) is 93.5 Å². The largest absolute Gasteiger partial charge is 0.355 e. The lowest BCUT2D eigenvalue weighted by Crippen LogP contribution is -2.16. The lowest BCUT2D eigenvalue weighted by molar-refractivity contribution is 0.0988. The number of carbonyl (C=O) groups is 2. The molecule has 0 fully saturated rings. The number of hydrogen-bond donors (Lipinski definition) is 1. The molecule has 0 amide bonds. The van der Waals surface area contributed by atoms with Gasteiger partial charge in [0.1, 0.15) is 0 Å². The Kier molecular flexibility index (Phi) is 5.51. The van der Waals surface area contributed by atoms with Crippen LogP contribution in [0.15, 0.2) is 23.4 Å². The van der Waals surface area contributed by atoms with Crippen LogP contribution in [0.4, 0.5) is 0 Å². The fraction of sp³-hybridized carbons (Fsp3) is 0.350. The highest BCUT2D eigenvalue weighted by Crippen LogP contribution is 2.28. The summed E-state index contributed by atoms with van der Waals surface area (Å²) < 4.78 is 1.63. The quantitative estimate of drug-likeness (QED) is 0.502. The number of nitrogens with one attached hydrogen (secondary N) is 1. The van der Waals surface area contributed by atoms with Crippen LogP contribution in [-0.2, 0) is 0 Å². The van der Waals surface area contributed by atoms with E-state index in [0.29, 0.717) is 27.7 Å². The number of H-pyrrole nitrogens is 1. The van der Waals surface area contributed by atoms with Crippen LogP contribution in [0.2, 0.25) is 0 Å². The molecule has 1 aromatic carbocycles. The molecule has 1 atom stereocenters. The molecule has 0 radical (unpaired) electrons. The predicted octanol–water partition coefficient (Wildman–Crippen LogP) is 3.79. The van der Waals surface area contributed by atoms with Crippen LogP contribution in [0.5, 0.6) is 0 Å². The maximum Gasteiger partial charge on any atom is 0.214 e. The van der Waals surface area contributed by atoms with Crippen LogP contribution in [-0.4, -0.2) is 42.0 Å². The first-order valence-corrected chi connectivity index (χ1v) is 9.85. The fourth-order valence-electron chi connectivity index (χ4n) is 3.21. The van der Waals surface area contributed by atoms with Gasteiger partial charge in [-0.15, -0.1) is 5.10 Å². The van der Waals surface area contributed by atoms with E-state index < -0.39 is 5.25 Å². The minimum atomic E-state index is -0.423. The standard InChI is InChI=1S/C20H23N5O2S/c1-10-7-8-16(9-11(10)2)25-20(22-23-24-25)28-15(6)19(27)18-12(3)17(14(5)26)13(4)21-18/h7-9,15,21H,1-6H3. The highest BCUT2D eigenvalue weighted by Gasteiger charge is 2.26. The highest BCUT2D eigenvalue weighted by atomic mass is 32.2. The summed E-state index contributed by atoms with van der Waals surface area (Å²) >= 11 is 1.29. The number of tetrazole rings is 1. The zero-order valence-electron chi connectivity index (χ0n) is 16.8. The molecule has 8 heteroatoms. The number of rotatable bonds is 6. The van der Waals surface area contributed by atoms with E-state index in [0.717, 1.165) is 11.3 Å². The van der Waals surface area contributed by atoms with Crippen molar-refractivity contribution in [3.05, 3.63) is 51.8 Å². The number of aromatic amines is 1. The van der Waals surface area contributed by atoms with Crippen molar-refractivity contribution in [1.82, 2.24) is 25.2 Å². The smallest absolute Gasteiger partial charge is 0.214 e. The van der Waals surface area contributed by atoms with Crippen molar-refractivity contribution in [3.8, 4) is 5.69 Å². The number of hydrogen-bond acceptors (Lipinski definition) is 6. The summed E-state index contributed by atoms with van der Waals surface area (Å²) in [4.78, 5) is 27.9. The summed E-state index contributed by atoms with van der Waals surface area (Å²) in [6.45, 7) is 11.0. The molecule has 0 aliphatic carbocycles. The van der Waals surface area contributed by atoms with Gasteiger partial charge in [0.25, 0.3) is 0 Å². The maximum absolute atomic E-state index is 13.0. The number of aromatic nitrogens is 5. The number of thioether (sulfide) groups is 1. The molecule has 1 N–H and O–H groups in total. The molecule has 3 rings (SSSR count). The van der Waals surface area contributed by atoms with Crippen molar-refractivity contribution in [2.45, 2.75) is 51.9 Å². The Morgan fingerprint density at radius 3 is 2.46 bits per heavy atom. The SMILES string of the molecule is CC(=O)c1c(C)[nH]c(C(=O)C(C)Sc2nnnn2-c2ccc(C)c(C)c2)c1C. The molecule has 2 aromatic heterocycles. The van der Waals surface area contributed by atoms with Gasteiger partial charge < -0.3 is 4.98 Å². The Balaban J connectivity index is 1.87. The van der Waals surface area contributed by atoms with Crippen LogP contribution >= 0.6 is 11.8 Å². The van der Waals surface area contributed by atoms with Crippen LogP contribution in [0.1, 0.15) is 57.1 Å². The molecule has 2 heterocycles. The Morgan fingerprint density at radius 2 is 1.86 bits per heavy atom. The second kappa shape index (κ2) is 7.71. The molecule has 146 valence electrons. The molecule has 28 heavy (non-hydrogen) atoms. The van der Waals surface area contributed by atoms with Gasteiger partial charge in [-0.1, -0.05) is 17.8 Å². The molecule has 1 unspecified atom stereocenters. The van der Waals surface area contributed by atoms with Gasteiger partial charge in [-0.3, -0.25) is 9.59 Å². The second-order valence-corrected chi connectivity index (χ2v) is 8.26. The van der Waals surface area contributed by atoms with Gasteiger partial charge in [0, 0.05) is 11.3 Å². The number of Topliss-reactive ketones (excluding diaryl/α,β-unsaturated/α-hetero) is 2. The summed E-state index contributed by atoms with van der Waals surface area (Å²) in [6, 6.07) is 5.98. The summed E-state index contributed by atoms with van der Waals surface area (Å²) in [5.41, 5.74) is 5.63. The van der Waals surface area contributed by atoms with Crippen LogP contribution in [0, 0.1) is 27.7 Å². The Bertz CT molecular complexity index is 1070. The Hall–Kier alpha value is -2.74. The summed E-state index contributed by atoms with van der Waals surface area (Å²) in [7, 11) is 0. The van der Waals surface area contributed by atoms with E-state index in [4.69, 9.17) is 0 Å². The van der Waals surface area contributed by atoms with Gasteiger partial charge >= 0.3 is 0 Å². The maximum atomic E-state index is 13.0. The molecule has 0 aliphatic rings. The minimum absolute atomic E-state index is 0.0516. The van der Waals surface area contributed by atoms with Gasteiger partial charge in [-0.25, -0.2) is 0 Å². The Labute approximate surface area is 167 Å². The summed E-state index contributed by atoms with van der Waals surface area (Å²) in [5, 5.41) is 12.0. The third-order valence-corrected chi connectivity index (χ3v) is 5.90. The third-order valence-electron chi connectivity index (χ3n) is 4.86. The van der Waals surface area contributed by atoms with E-state index in [-0.39, 0.29) is 11.6 Å². The minimum Gasteiger partial charge on any atom is -0.355 e. The molecule has 3 aromatic rings. The Morgan fingerprint density at radius 1 is 1.14 bits per heavy atom. The third kappa shape index (κ3) is 3.64. The molecule has 7 nitrogen and oxygen atoms in total. The molecule has 0 aliphatic heterocycles. The van der Waals surface area contributed by atoms with Crippen molar-refractivity contribution in [2.24, 2.45) is 0 Å². The predicted molar refractivity (Wildman–Crippen MR) is 109 cm³/mol. The van der Waals surface area contributed by atoms with Gasteiger partial charge in [0.05, 0.1) is 16.6 Å². The van der Waals surface area contributed by atoms with Gasteiger partial charge in [-0.05, 0) is 80.8 Å². The number of benzene rings is 1. The van der Waals surface area contributed by atoms with Crippen molar-refractivity contribution in [2.75, 3.05) is 0 Å². The number of ketones is 2. The first-order valence-electron chi connectivity index (χ1n) is 8.97. The highest BCUT2D eigenvalue weighted by molar-refractivity contribution is 8.00. The normalized spacial score (nSPS) is 12.2. The van der Waals surface area contributed by atoms with Crippen molar-refractivity contribution >= 4 is 23.3 Å². The zero-order chi connectivity index (χ0) is 20.6. The van der Waals surface area contributed by atoms with E-state index in [2.05, 4.69) is 20.5 Å². The molecular weight excluding hydrogens is 374 g/mol. The molecule has 0 bridgehead atoms. The molecular formula is C20H23N5O2S. The molecule has 0 spiro atoms. The van der Waals surface area contributed by atoms with Gasteiger partial charge in [0.15, 0.2) is 11.6 Å². The summed E-state index contributed by atoms with van der Waals surface area (Å²) in [5.74, 6) is -0.142. The van der Waals surface area contributed by atoms with Crippen LogP contribution in [0.25, 0.3) is 5.69 Å². The lowest BCUT2D eigenvalue weighted by atomic mass is 10.0. The van der Waals surface area contributed by atoms with Crippen molar-refractivity contribution < 1.29 is 9.59 Å². The molecule has 0 saturated heterocycles. The van der Waals surface area contributed by atoms with Crippen LogP contribution < -0.4 is 0 Å².